The van der Waals surface area contributed by atoms with E-state index in [0.717, 1.165) is 32.2 Å². The Kier molecular flexibility index (Phi) is 3.95. The van der Waals surface area contributed by atoms with Crippen LogP contribution in [0.2, 0.25) is 0 Å². The van der Waals surface area contributed by atoms with Gasteiger partial charge in [0.2, 0.25) is 11.7 Å². The van der Waals surface area contributed by atoms with E-state index < -0.39 is 11.4 Å². The SMILES string of the molecule is C[C@H]1CC[C@H]2CC(=O)N(CCN(C)C)[C@H]3O[C@@]4(C)CC[C@@H]1[C@]23OO4. The molecule has 5 rings (SSSR count). The van der Waals surface area contributed by atoms with Gasteiger partial charge in [0.25, 0.3) is 0 Å². The fraction of sp³-hybridized carbons (Fsp3) is 0.944. The predicted octanol–water partition coefficient (Wildman–Crippen LogP) is 2.00. The smallest absolute Gasteiger partial charge is 0.225 e. The van der Waals surface area contributed by atoms with Crippen LogP contribution < -0.4 is 0 Å². The summed E-state index contributed by atoms with van der Waals surface area (Å²) in [5.41, 5.74) is -0.492. The number of fused-ring (bicyclic) bond motifs is 2. The summed E-state index contributed by atoms with van der Waals surface area (Å²) >= 11 is 0. The summed E-state index contributed by atoms with van der Waals surface area (Å²) in [5.74, 6) is 0.617. The molecule has 0 aromatic rings. The molecular formula is C18H30N2O4. The highest BCUT2D eigenvalue weighted by Crippen LogP contribution is 2.59. The number of nitrogens with zero attached hydrogens (tertiary/aromatic N) is 2. The zero-order valence-corrected chi connectivity index (χ0v) is 15.3. The Hall–Kier alpha value is -0.690. The zero-order chi connectivity index (χ0) is 17.1. The largest absolute Gasteiger partial charge is 0.321 e. The number of carbonyl (C=O) groups is 1. The maximum Gasteiger partial charge on any atom is 0.225 e. The second-order valence-electron chi connectivity index (χ2n) is 8.62. The molecule has 5 fully saturated rings. The molecule has 2 bridgehead atoms. The van der Waals surface area contributed by atoms with Gasteiger partial charge in [-0.1, -0.05) is 6.92 Å². The number of hydrogen-bond acceptors (Lipinski definition) is 5. The van der Waals surface area contributed by atoms with Crippen molar-refractivity contribution < 1.29 is 19.3 Å². The van der Waals surface area contributed by atoms with E-state index in [0.29, 0.717) is 24.8 Å². The lowest BCUT2D eigenvalue weighted by atomic mass is 9.59. The van der Waals surface area contributed by atoms with Crippen LogP contribution in [0.1, 0.15) is 46.0 Å². The molecule has 6 atom stereocenters. The van der Waals surface area contributed by atoms with Crippen LogP contribution in [0.4, 0.5) is 0 Å². The molecule has 5 aliphatic rings. The van der Waals surface area contributed by atoms with E-state index in [4.69, 9.17) is 14.5 Å². The van der Waals surface area contributed by atoms with Crippen molar-refractivity contribution in [3.63, 3.8) is 0 Å². The minimum Gasteiger partial charge on any atom is -0.321 e. The molecule has 6 nitrogen and oxygen atoms in total. The molecule has 24 heavy (non-hydrogen) atoms. The number of amides is 1. The van der Waals surface area contributed by atoms with Gasteiger partial charge in [-0.05, 0) is 52.1 Å². The highest BCUT2D eigenvalue weighted by Gasteiger charge is 2.68. The molecule has 0 aromatic carbocycles. The van der Waals surface area contributed by atoms with E-state index in [9.17, 15) is 4.79 Å². The first-order valence-corrected chi connectivity index (χ1v) is 9.34. The topological polar surface area (TPSA) is 51.2 Å². The van der Waals surface area contributed by atoms with Crippen LogP contribution in [0.3, 0.4) is 0 Å². The van der Waals surface area contributed by atoms with Gasteiger partial charge in [0.1, 0.15) is 0 Å². The van der Waals surface area contributed by atoms with Crippen LogP contribution >= 0.6 is 0 Å². The van der Waals surface area contributed by atoms with E-state index in [1.165, 1.54) is 0 Å². The first-order valence-electron chi connectivity index (χ1n) is 9.34. The molecule has 4 aliphatic heterocycles. The molecule has 4 saturated heterocycles. The third kappa shape index (κ3) is 2.34. The number of carbonyl (C=O) groups excluding carboxylic acids is 1. The molecule has 0 unspecified atom stereocenters. The molecule has 0 radical (unpaired) electrons. The quantitative estimate of drug-likeness (QED) is 0.737. The maximum absolute atomic E-state index is 12.9. The van der Waals surface area contributed by atoms with Crippen LogP contribution in [0, 0.1) is 17.8 Å². The minimum atomic E-state index is -0.745. The molecule has 1 aliphatic carbocycles. The van der Waals surface area contributed by atoms with Crippen molar-refractivity contribution in [2.75, 3.05) is 27.2 Å². The molecule has 4 heterocycles. The number of ether oxygens (including phenoxy) is 1. The van der Waals surface area contributed by atoms with E-state index >= 15 is 0 Å². The average Bonchev–Trinajstić information content (AvgIpc) is 2.75. The summed E-state index contributed by atoms with van der Waals surface area (Å²) in [5, 5.41) is 0. The van der Waals surface area contributed by atoms with E-state index in [1.807, 2.05) is 25.9 Å². The minimum absolute atomic E-state index is 0.200. The van der Waals surface area contributed by atoms with E-state index in [1.54, 1.807) is 0 Å². The van der Waals surface area contributed by atoms with Crippen molar-refractivity contribution in [2.45, 2.75) is 63.6 Å². The normalized spacial score (nSPS) is 47.7. The van der Waals surface area contributed by atoms with Crippen LogP contribution in [-0.2, 0) is 19.3 Å². The monoisotopic (exact) mass is 338 g/mol. The summed E-state index contributed by atoms with van der Waals surface area (Å²) in [4.78, 5) is 28.9. The summed E-state index contributed by atoms with van der Waals surface area (Å²) in [6, 6.07) is 0. The van der Waals surface area contributed by atoms with Gasteiger partial charge in [-0.2, -0.15) is 0 Å². The van der Waals surface area contributed by atoms with Gasteiger partial charge in [-0.15, -0.1) is 0 Å². The third-order valence-corrected chi connectivity index (χ3v) is 6.71. The standard InChI is InChI=1S/C18H30N2O4/c1-12-5-6-13-11-15(21)20(10-9-19(3)4)16-18(13)14(12)7-8-17(2,22-16)23-24-18/h12-14,16H,5-11H2,1-4H3/t12-,13-,14-,16-,17+,18+/m0/s1. The van der Waals surface area contributed by atoms with Gasteiger partial charge in [-0.25, -0.2) is 9.78 Å². The number of rotatable bonds is 3. The second kappa shape index (κ2) is 5.66. The summed E-state index contributed by atoms with van der Waals surface area (Å²) in [7, 11) is 4.06. The van der Waals surface area contributed by atoms with Crippen molar-refractivity contribution in [3.05, 3.63) is 0 Å². The fourth-order valence-corrected chi connectivity index (χ4v) is 5.31. The Bertz CT molecular complexity index is 523. The highest BCUT2D eigenvalue weighted by atomic mass is 17.3. The van der Waals surface area contributed by atoms with Crippen molar-refractivity contribution in [2.24, 2.45) is 17.8 Å². The fourth-order valence-electron chi connectivity index (χ4n) is 5.31. The van der Waals surface area contributed by atoms with Gasteiger partial charge in [0, 0.05) is 31.8 Å². The molecular weight excluding hydrogens is 308 g/mol. The molecule has 0 aromatic heterocycles. The summed E-state index contributed by atoms with van der Waals surface area (Å²) in [6.45, 7) is 5.76. The van der Waals surface area contributed by atoms with Gasteiger partial charge in [0.15, 0.2) is 11.8 Å². The first-order chi connectivity index (χ1) is 11.4. The van der Waals surface area contributed by atoms with Crippen molar-refractivity contribution >= 4 is 5.91 Å². The third-order valence-electron chi connectivity index (χ3n) is 6.71. The Labute approximate surface area is 144 Å². The molecule has 1 spiro atoms. The van der Waals surface area contributed by atoms with E-state index in [2.05, 4.69) is 11.8 Å². The molecule has 0 N–H and O–H groups in total. The average molecular weight is 338 g/mol. The van der Waals surface area contributed by atoms with Crippen LogP contribution in [0.25, 0.3) is 0 Å². The van der Waals surface area contributed by atoms with Gasteiger partial charge in [-0.3, -0.25) is 4.79 Å². The number of piperidine rings is 1. The van der Waals surface area contributed by atoms with Crippen LogP contribution in [0.15, 0.2) is 0 Å². The lowest BCUT2D eigenvalue weighted by molar-refractivity contribution is -0.546. The van der Waals surface area contributed by atoms with Crippen molar-refractivity contribution in [1.29, 1.82) is 0 Å². The Morgan fingerprint density at radius 3 is 2.79 bits per heavy atom. The predicted molar refractivity (Wildman–Crippen MR) is 87.7 cm³/mol. The maximum atomic E-state index is 12.9. The number of likely N-dealkylation sites (tertiary alicyclic amines) is 1. The van der Waals surface area contributed by atoms with Gasteiger partial charge < -0.3 is 14.5 Å². The zero-order valence-electron chi connectivity index (χ0n) is 15.3. The lowest BCUT2D eigenvalue weighted by Crippen LogP contribution is -2.73. The summed E-state index contributed by atoms with van der Waals surface area (Å²) in [6.07, 6.45) is 4.28. The number of likely N-dealkylation sites (N-methyl/N-ethyl adjacent to an activating group) is 1. The van der Waals surface area contributed by atoms with Crippen molar-refractivity contribution in [3.8, 4) is 0 Å². The van der Waals surface area contributed by atoms with Gasteiger partial charge >= 0.3 is 0 Å². The number of hydrogen-bond donors (Lipinski definition) is 0. The van der Waals surface area contributed by atoms with Gasteiger partial charge in [0.05, 0.1) is 0 Å². The van der Waals surface area contributed by atoms with E-state index in [-0.39, 0.29) is 18.1 Å². The van der Waals surface area contributed by atoms with Crippen molar-refractivity contribution in [1.82, 2.24) is 9.80 Å². The molecule has 136 valence electrons. The van der Waals surface area contributed by atoms with Crippen LogP contribution in [0.5, 0.6) is 0 Å². The Balaban J connectivity index is 1.74. The lowest BCUT2D eigenvalue weighted by Gasteiger charge is -2.60. The molecule has 1 amide bonds. The molecule has 6 heteroatoms. The highest BCUT2D eigenvalue weighted by molar-refractivity contribution is 5.78. The first kappa shape index (κ1) is 16.8. The molecule has 1 saturated carbocycles. The second-order valence-corrected chi connectivity index (χ2v) is 8.62. The Morgan fingerprint density at radius 2 is 2.04 bits per heavy atom. The van der Waals surface area contributed by atoms with Crippen LogP contribution in [-0.4, -0.2) is 60.5 Å². The Morgan fingerprint density at radius 1 is 1.25 bits per heavy atom. The summed E-state index contributed by atoms with van der Waals surface area (Å²) < 4.78 is 6.43.